The van der Waals surface area contributed by atoms with E-state index in [1.807, 2.05) is 6.92 Å². The van der Waals surface area contributed by atoms with E-state index in [2.05, 4.69) is 28.6 Å². The largest absolute Gasteiger partial charge is 0.481 e. The third-order valence-electron chi connectivity index (χ3n) is 5.18. The Hall–Kier alpha value is -2.38. The number of carbonyl (C=O) groups excluding carboxylic acids is 3. The van der Waals surface area contributed by atoms with Gasteiger partial charge in [-0.3, -0.25) is 19.2 Å². The number of nitrogens with two attached hydrogens (primary N) is 2. The number of thiol groups is 1. The van der Waals surface area contributed by atoms with E-state index in [0.29, 0.717) is 25.8 Å². The minimum absolute atomic E-state index is 0.101. The molecular weight excluding hydrogens is 454 g/mol. The van der Waals surface area contributed by atoms with E-state index in [9.17, 15) is 24.0 Å². The van der Waals surface area contributed by atoms with Crippen molar-refractivity contribution in [3.8, 4) is 0 Å². The highest BCUT2D eigenvalue weighted by Gasteiger charge is 2.32. The molecule has 0 bridgehead atoms. The van der Waals surface area contributed by atoms with E-state index in [-0.39, 0.29) is 30.9 Å². The zero-order valence-electron chi connectivity index (χ0n) is 19.1. The van der Waals surface area contributed by atoms with Crippen LogP contribution in [0.1, 0.15) is 52.4 Å². The van der Waals surface area contributed by atoms with Gasteiger partial charge in [0.1, 0.15) is 18.1 Å². The maximum Gasteiger partial charge on any atom is 0.327 e. The van der Waals surface area contributed by atoms with Gasteiger partial charge in [0.25, 0.3) is 0 Å². The Labute approximate surface area is 199 Å². The Morgan fingerprint density at radius 3 is 2.00 bits per heavy atom. The fourth-order valence-electron chi connectivity index (χ4n) is 2.85. The highest BCUT2D eigenvalue weighted by Crippen LogP contribution is 2.11. The molecule has 0 aromatic heterocycles. The normalized spacial score (nSPS) is 15.4. The van der Waals surface area contributed by atoms with Crippen molar-refractivity contribution in [2.75, 3.05) is 12.3 Å². The predicted molar refractivity (Wildman–Crippen MR) is 124 cm³/mol. The van der Waals surface area contributed by atoms with Crippen LogP contribution in [0.15, 0.2) is 0 Å². The molecule has 0 heterocycles. The van der Waals surface area contributed by atoms with E-state index in [1.165, 1.54) is 0 Å². The molecule has 3 amide bonds. The molecule has 13 heteroatoms. The second-order valence-corrected chi connectivity index (χ2v) is 8.20. The number of rotatable bonds is 17. The Kier molecular flexibility index (Phi) is 15.1. The molecule has 5 unspecified atom stereocenters. The number of hydrogen-bond acceptors (Lipinski definition) is 8. The van der Waals surface area contributed by atoms with Gasteiger partial charge in [-0.1, -0.05) is 20.3 Å². The first kappa shape index (κ1) is 30.6. The van der Waals surface area contributed by atoms with Crippen LogP contribution in [-0.4, -0.2) is 76.3 Å². The SMILES string of the molecule is CCC(C)C(NC(=O)C(CCCCN)NC(=O)C(N)CCC(=O)O)C(=O)NC(CS)C(=O)O. The average Bonchev–Trinajstić information content (AvgIpc) is 2.77. The van der Waals surface area contributed by atoms with Crippen molar-refractivity contribution in [2.24, 2.45) is 17.4 Å². The summed E-state index contributed by atoms with van der Waals surface area (Å²) in [5, 5.41) is 25.4. The van der Waals surface area contributed by atoms with Crippen LogP contribution in [0.25, 0.3) is 0 Å². The van der Waals surface area contributed by atoms with Crippen LogP contribution < -0.4 is 27.4 Å². The maximum absolute atomic E-state index is 13.0. The first-order chi connectivity index (χ1) is 15.5. The summed E-state index contributed by atoms with van der Waals surface area (Å²) < 4.78 is 0. The number of unbranched alkanes of at least 4 members (excludes halogenated alkanes) is 1. The van der Waals surface area contributed by atoms with Crippen LogP contribution in [-0.2, 0) is 24.0 Å². The molecule has 0 fully saturated rings. The molecule has 0 rings (SSSR count). The fraction of sp³-hybridized carbons (Fsp3) is 0.750. The topological polar surface area (TPSA) is 214 Å². The van der Waals surface area contributed by atoms with Crippen molar-refractivity contribution in [1.82, 2.24) is 16.0 Å². The summed E-state index contributed by atoms with van der Waals surface area (Å²) in [5.41, 5.74) is 11.2. The summed E-state index contributed by atoms with van der Waals surface area (Å²) in [7, 11) is 0. The first-order valence-corrected chi connectivity index (χ1v) is 11.5. The van der Waals surface area contributed by atoms with Crippen molar-refractivity contribution in [1.29, 1.82) is 0 Å². The summed E-state index contributed by atoms with van der Waals surface area (Å²) in [4.78, 5) is 60.0. The molecule has 12 nitrogen and oxygen atoms in total. The minimum Gasteiger partial charge on any atom is -0.481 e. The van der Waals surface area contributed by atoms with E-state index >= 15 is 0 Å². The molecule has 33 heavy (non-hydrogen) atoms. The molecular formula is C20H37N5O7S. The molecule has 5 atom stereocenters. The van der Waals surface area contributed by atoms with Gasteiger partial charge in [-0.2, -0.15) is 12.6 Å². The van der Waals surface area contributed by atoms with Crippen molar-refractivity contribution >= 4 is 42.3 Å². The molecule has 0 aliphatic rings. The van der Waals surface area contributed by atoms with E-state index < -0.39 is 53.8 Å². The second-order valence-electron chi connectivity index (χ2n) is 7.84. The van der Waals surface area contributed by atoms with Gasteiger partial charge < -0.3 is 37.6 Å². The molecule has 0 aliphatic carbocycles. The summed E-state index contributed by atoms with van der Waals surface area (Å²) >= 11 is 3.92. The zero-order valence-corrected chi connectivity index (χ0v) is 20.0. The number of hydrogen-bond donors (Lipinski definition) is 8. The molecule has 0 aromatic carbocycles. The van der Waals surface area contributed by atoms with Crippen molar-refractivity contribution in [3.63, 3.8) is 0 Å². The molecule has 9 N–H and O–H groups in total. The zero-order chi connectivity index (χ0) is 25.6. The average molecular weight is 492 g/mol. The number of carboxylic acid groups (broad SMARTS) is 2. The summed E-state index contributed by atoms with van der Waals surface area (Å²) in [6.45, 7) is 3.93. The van der Waals surface area contributed by atoms with Crippen molar-refractivity contribution in [2.45, 2.75) is 76.5 Å². The standard InChI is InChI=1S/C20H37N5O7S/c1-3-11(2)16(19(30)24-14(10-33)20(31)32)25-18(29)13(6-4-5-9-21)23-17(28)12(22)7-8-15(26)27/h11-14,16,33H,3-10,21-22H2,1-2H3,(H,23,28)(H,24,30)(H,25,29)(H,26,27)(H,31,32). The molecule has 0 saturated carbocycles. The lowest BCUT2D eigenvalue weighted by molar-refractivity contribution is -0.142. The number of carboxylic acids is 2. The quantitative estimate of drug-likeness (QED) is 0.0906. The maximum atomic E-state index is 13.0. The van der Waals surface area contributed by atoms with Crippen LogP contribution >= 0.6 is 12.6 Å². The number of amides is 3. The monoisotopic (exact) mass is 491 g/mol. The summed E-state index contributed by atoms with van der Waals surface area (Å²) in [6, 6.07) is -4.42. The molecule has 0 aliphatic heterocycles. The highest BCUT2D eigenvalue weighted by molar-refractivity contribution is 7.80. The van der Waals surface area contributed by atoms with Gasteiger partial charge in [0.05, 0.1) is 6.04 Å². The van der Waals surface area contributed by atoms with Gasteiger partial charge in [0, 0.05) is 12.2 Å². The molecule has 0 saturated heterocycles. The van der Waals surface area contributed by atoms with Crippen LogP contribution in [0.3, 0.4) is 0 Å². The molecule has 0 aromatic rings. The van der Waals surface area contributed by atoms with Gasteiger partial charge in [0.15, 0.2) is 0 Å². The van der Waals surface area contributed by atoms with Crippen LogP contribution in [0, 0.1) is 5.92 Å². The van der Waals surface area contributed by atoms with Crippen LogP contribution in [0.5, 0.6) is 0 Å². The highest BCUT2D eigenvalue weighted by atomic mass is 32.1. The van der Waals surface area contributed by atoms with Crippen molar-refractivity contribution < 1.29 is 34.2 Å². The lowest BCUT2D eigenvalue weighted by Gasteiger charge is -2.28. The Morgan fingerprint density at radius 1 is 0.909 bits per heavy atom. The smallest absolute Gasteiger partial charge is 0.327 e. The van der Waals surface area contributed by atoms with Gasteiger partial charge in [-0.15, -0.1) is 0 Å². The minimum atomic E-state index is -1.25. The lowest BCUT2D eigenvalue weighted by atomic mass is 9.97. The number of carbonyl (C=O) groups is 5. The summed E-state index contributed by atoms with van der Waals surface area (Å²) in [5.74, 6) is -4.81. The number of aliphatic carboxylic acids is 2. The Morgan fingerprint density at radius 2 is 1.52 bits per heavy atom. The van der Waals surface area contributed by atoms with Gasteiger partial charge in [-0.05, 0) is 38.1 Å². The third kappa shape index (κ3) is 11.9. The third-order valence-corrected chi connectivity index (χ3v) is 5.54. The fourth-order valence-corrected chi connectivity index (χ4v) is 3.10. The van der Waals surface area contributed by atoms with Crippen LogP contribution in [0.2, 0.25) is 0 Å². The van der Waals surface area contributed by atoms with Crippen LogP contribution in [0.4, 0.5) is 0 Å². The van der Waals surface area contributed by atoms with Gasteiger partial charge in [0.2, 0.25) is 17.7 Å². The Bertz CT molecular complexity index is 679. The predicted octanol–water partition coefficient (Wildman–Crippen LogP) is -1.18. The van der Waals surface area contributed by atoms with E-state index in [4.69, 9.17) is 21.7 Å². The van der Waals surface area contributed by atoms with E-state index in [0.717, 1.165) is 0 Å². The summed E-state index contributed by atoms with van der Waals surface area (Å²) in [6.07, 6.45) is 1.45. The Balaban J connectivity index is 5.44. The van der Waals surface area contributed by atoms with Gasteiger partial charge in [-0.25, -0.2) is 4.79 Å². The van der Waals surface area contributed by atoms with E-state index in [1.54, 1.807) is 6.92 Å². The molecule has 0 radical (unpaired) electrons. The molecule has 0 spiro atoms. The number of nitrogens with one attached hydrogen (secondary N) is 3. The van der Waals surface area contributed by atoms with Crippen molar-refractivity contribution in [3.05, 3.63) is 0 Å². The lowest BCUT2D eigenvalue weighted by Crippen LogP contribution is -2.58. The van der Waals surface area contributed by atoms with Gasteiger partial charge >= 0.3 is 11.9 Å². The second kappa shape index (κ2) is 16.3. The molecule has 190 valence electrons. The first-order valence-electron chi connectivity index (χ1n) is 10.9.